The van der Waals surface area contributed by atoms with Gasteiger partial charge < -0.3 is 9.84 Å². The van der Waals surface area contributed by atoms with E-state index in [0.29, 0.717) is 5.75 Å². The number of ether oxygens (including phenoxy) is 1. The van der Waals surface area contributed by atoms with Crippen molar-refractivity contribution in [2.45, 2.75) is 25.8 Å². The van der Waals surface area contributed by atoms with Gasteiger partial charge in [0.2, 0.25) is 0 Å². The van der Waals surface area contributed by atoms with E-state index in [1.165, 1.54) is 0 Å². The maximum Gasteiger partial charge on any atom is 0.314 e. The SMILES string of the molecule is CCCn1cc(OCC(C(=O)O)c2ccccc2)cn1. The molecule has 0 radical (unpaired) electrons. The van der Waals surface area contributed by atoms with E-state index in [-0.39, 0.29) is 6.61 Å². The van der Waals surface area contributed by atoms with Gasteiger partial charge in [0.25, 0.3) is 0 Å². The number of hydrogen-bond acceptors (Lipinski definition) is 3. The summed E-state index contributed by atoms with van der Waals surface area (Å²) in [6, 6.07) is 9.10. The Morgan fingerprint density at radius 1 is 1.40 bits per heavy atom. The average molecular weight is 274 g/mol. The second kappa shape index (κ2) is 6.75. The Morgan fingerprint density at radius 2 is 2.15 bits per heavy atom. The first-order valence-corrected chi connectivity index (χ1v) is 6.63. The lowest BCUT2D eigenvalue weighted by Crippen LogP contribution is -2.19. The number of hydrogen-bond donors (Lipinski definition) is 1. The molecule has 0 aliphatic heterocycles. The molecule has 0 fully saturated rings. The maximum absolute atomic E-state index is 11.3. The molecule has 1 heterocycles. The highest BCUT2D eigenvalue weighted by Gasteiger charge is 2.20. The Kier molecular flexibility index (Phi) is 4.76. The van der Waals surface area contributed by atoms with Crippen LogP contribution in [0.3, 0.4) is 0 Å². The van der Waals surface area contributed by atoms with Gasteiger partial charge in [0, 0.05) is 6.54 Å². The summed E-state index contributed by atoms with van der Waals surface area (Å²) in [6.07, 6.45) is 4.38. The van der Waals surface area contributed by atoms with Crippen LogP contribution >= 0.6 is 0 Å². The minimum atomic E-state index is -0.892. The van der Waals surface area contributed by atoms with Crippen molar-refractivity contribution in [2.75, 3.05) is 6.61 Å². The Bertz CT molecular complexity index is 551. The van der Waals surface area contributed by atoms with Crippen molar-refractivity contribution in [1.29, 1.82) is 0 Å². The molecule has 1 atom stereocenters. The molecule has 1 unspecified atom stereocenters. The van der Waals surface area contributed by atoms with Crippen molar-refractivity contribution in [3.05, 3.63) is 48.3 Å². The van der Waals surface area contributed by atoms with E-state index in [2.05, 4.69) is 12.0 Å². The van der Waals surface area contributed by atoms with Gasteiger partial charge in [-0.1, -0.05) is 37.3 Å². The number of aliphatic carboxylic acids is 1. The van der Waals surface area contributed by atoms with Crippen LogP contribution in [0, 0.1) is 0 Å². The smallest absolute Gasteiger partial charge is 0.314 e. The summed E-state index contributed by atoms with van der Waals surface area (Å²) >= 11 is 0. The molecule has 5 nitrogen and oxygen atoms in total. The number of carboxylic acids is 1. The molecule has 1 N–H and O–H groups in total. The third-order valence-electron chi connectivity index (χ3n) is 2.98. The number of benzene rings is 1. The summed E-state index contributed by atoms with van der Waals surface area (Å²) in [5.74, 6) is -0.969. The van der Waals surface area contributed by atoms with Crippen LogP contribution in [0.5, 0.6) is 5.75 Å². The van der Waals surface area contributed by atoms with Gasteiger partial charge in [-0.3, -0.25) is 9.48 Å². The summed E-state index contributed by atoms with van der Waals surface area (Å²) in [6.45, 7) is 2.99. The molecule has 0 bridgehead atoms. The first kappa shape index (κ1) is 14.1. The minimum Gasteiger partial charge on any atom is -0.489 e. The third-order valence-corrected chi connectivity index (χ3v) is 2.98. The van der Waals surface area contributed by atoms with Gasteiger partial charge in [0.15, 0.2) is 5.75 Å². The number of aryl methyl sites for hydroxylation is 1. The highest BCUT2D eigenvalue weighted by molar-refractivity contribution is 5.76. The zero-order valence-electron chi connectivity index (χ0n) is 11.4. The van der Waals surface area contributed by atoms with Crippen LogP contribution in [0.1, 0.15) is 24.8 Å². The van der Waals surface area contributed by atoms with Crippen molar-refractivity contribution in [3.8, 4) is 5.75 Å². The van der Waals surface area contributed by atoms with Crippen LogP contribution in [0.2, 0.25) is 0 Å². The molecule has 0 spiro atoms. The third kappa shape index (κ3) is 3.60. The molecule has 0 amide bonds. The fourth-order valence-corrected chi connectivity index (χ4v) is 1.95. The van der Waals surface area contributed by atoms with Gasteiger partial charge in [0.05, 0.1) is 12.4 Å². The molecule has 5 heteroatoms. The Hall–Kier alpha value is -2.30. The highest BCUT2D eigenvalue weighted by Crippen LogP contribution is 2.18. The summed E-state index contributed by atoms with van der Waals surface area (Å²) in [4.78, 5) is 11.3. The van der Waals surface area contributed by atoms with Crippen LogP contribution in [0.4, 0.5) is 0 Å². The van der Waals surface area contributed by atoms with Crippen LogP contribution in [0.25, 0.3) is 0 Å². The Balaban J connectivity index is 2.00. The maximum atomic E-state index is 11.3. The van der Waals surface area contributed by atoms with E-state index in [4.69, 9.17) is 4.74 Å². The minimum absolute atomic E-state index is 0.0944. The van der Waals surface area contributed by atoms with Crippen LogP contribution in [0.15, 0.2) is 42.7 Å². The highest BCUT2D eigenvalue weighted by atomic mass is 16.5. The van der Waals surface area contributed by atoms with Gasteiger partial charge in [-0.05, 0) is 12.0 Å². The Labute approximate surface area is 117 Å². The van der Waals surface area contributed by atoms with Crippen LogP contribution in [-0.2, 0) is 11.3 Å². The van der Waals surface area contributed by atoms with E-state index in [1.54, 1.807) is 29.2 Å². The van der Waals surface area contributed by atoms with E-state index >= 15 is 0 Å². The molecule has 2 rings (SSSR count). The molecule has 1 aromatic heterocycles. The first-order valence-electron chi connectivity index (χ1n) is 6.63. The zero-order chi connectivity index (χ0) is 14.4. The van der Waals surface area contributed by atoms with Crippen LogP contribution in [-0.4, -0.2) is 27.5 Å². The van der Waals surface area contributed by atoms with Gasteiger partial charge in [-0.2, -0.15) is 5.10 Å². The summed E-state index contributed by atoms with van der Waals surface area (Å²) in [5, 5.41) is 13.4. The fourth-order valence-electron chi connectivity index (χ4n) is 1.95. The van der Waals surface area contributed by atoms with E-state index in [0.717, 1.165) is 18.5 Å². The molecule has 0 aliphatic carbocycles. The number of aromatic nitrogens is 2. The van der Waals surface area contributed by atoms with Crippen molar-refractivity contribution in [2.24, 2.45) is 0 Å². The lowest BCUT2D eigenvalue weighted by atomic mass is 10.0. The average Bonchev–Trinajstić information content (AvgIpc) is 2.88. The molecule has 2 aromatic rings. The standard InChI is InChI=1S/C15H18N2O3/c1-2-8-17-10-13(9-16-17)20-11-14(15(18)19)12-6-4-3-5-7-12/h3-7,9-10,14H,2,8,11H2,1H3,(H,18,19). The van der Waals surface area contributed by atoms with Crippen molar-refractivity contribution in [3.63, 3.8) is 0 Å². The van der Waals surface area contributed by atoms with Gasteiger partial charge >= 0.3 is 5.97 Å². The van der Waals surface area contributed by atoms with Crippen molar-refractivity contribution in [1.82, 2.24) is 9.78 Å². The van der Waals surface area contributed by atoms with Gasteiger partial charge in [-0.15, -0.1) is 0 Å². The molecular formula is C15H18N2O3. The normalized spacial score (nSPS) is 12.1. The summed E-state index contributed by atoms with van der Waals surface area (Å²) in [5.41, 5.74) is 0.737. The predicted octanol–water partition coefficient (Wildman–Crippen LogP) is 2.54. The van der Waals surface area contributed by atoms with Crippen molar-refractivity contribution < 1.29 is 14.6 Å². The largest absolute Gasteiger partial charge is 0.489 e. The lowest BCUT2D eigenvalue weighted by Gasteiger charge is -2.12. The first-order chi connectivity index (χ1) is 9.70. The monoisotopic (exact) mass is 274 g/mol. The molecular weight excluding hydrogens is 256 g/mol. The topological polar surface area (TPSA) is 64.3 Å². The second-order valence-electron chi connectivity index (χ2n) is 4.55. The summed E-state index contributed by atoms with van der Waals surface area (Å²) < 4.78 is 7.33. The van der Waals surface area contributed by atoms with Gasteiger partial charge in [0.1, 0.15) is 12.5 Å². The zero-order valence-corrected chi connectivity index (χ0v) is 11.4. The molecule has 20 heavy (non-hydrogen) atoms. The Morgan fingerprint density at radius 3 is 2.80 bits per heavy atom. The quantitative estimate of drug-likeness (QED) is 0.842. The fraction of sp³-hybridized carbons (Fsp3) is 0.333. The molecule has 0 aliphatic rings. The van der Waals surface area contributed by atoms with Gasteiger partial charge in [-0.25, -0.2) is 0 Å². The molecule has 0 saturated heterocycles. The molecule has 1 aromatic carbocycles. The predicted molar refractivity (Wildman–Crippen MR) is 74.8 cm³/mol. The lowest BCUT2D eigenvalue weighted by molar-refractivity contribution is -0.139. The number of carbonyl (C=O) groups is 1. The summed E-state index contributed by atoms with van der Waals surface area (Å²) in [7, 11) is 0. The number of carboxylic acid groups (broad SMARTS) is 1. The van der Waals surface area contributed by atoms with Crippen LogP contribution < -0.4 is 4.74 Å². The van der Waals surface area contributed by atoms with Crippen molar-refractivity contribution >= 4 is 5.97 Å². The molecule has 106 valence electrons. The number of rotatable bonds is 7. The number of nitrogens with zero attached hydrogens (tertiary/aromatic N) is 2. The van der Waals surface area contributed by atoms with E-state index in [9.17, 15) is 9.90 Å². The van der Waals surface area contributed by atoms with E-state index < -0.39 is 11.9 Å². The van der Waals surface area contributed by atoms with E-state index in [1.807, 2.05) is 18.2 Å². The molecule has 0 saturated carbocycles. The second-order valence-corrected chi connectivity index (χ2v) is 4.55.